The van der Waals surface area contributed by atoms with Crippen LogP contribution in [-0.4, -0.2) is 34.0 Å². The van der Waals surface area contributed by atoms with Gasteiger partial charge in [0.2, 0.25) is 0 Å². The van der Waals surface area contributed by atoms with Gasteiger partial charge in [0, 0.05) is 24.9 Å². The normalized spacial score (nSPS) is 16.6. The van der Waals surface area contributed by atoms with Gasteiger partial charge in [0.15, 0.2) is 0 Å². The van der Waals surface area contributed by atoms with Crippen molar-refractivity contribution in [2.45, 2.75) is 31.9 Å². The van der Waals surface area contributed by atoms with Gasteiger partial charge in [0.1, 0.15) is 29.5 Å². The van der Waals surface area contributed by atoms with E-state index in [1.54, 1.807) is 30.3 Å². The van der Waals surface area contributed by atoms with Crippen LogP contribution in [-0.2, 0) is 24.2 Å². The van der Waals surface area contributed by atoms with Crippen molar-refractivity contribution < 1.29 is 28.2 Å². The molecule has 8 heteroatoms. The monoisotopic (exact) mass is 485 g/mol. The van der Waals surface area contributed by atoms with Crippen LogP contribution < -0.4 is 4.74 Å². The smallest absolute Gasteiger partial charge is 0.323 e. The molecule has 0 spiro atoms. The van der Waals surface area contributed by atoms with E-state index in [9.17, 15) is 23.5 Å². The number of carbonyl (C=O) groups is 2. The largest absolute Gasteiger partial charge is 0.487 e. The third-order valence-electron chi connectivity index (χ3n) is 5.69. The molecule has 0 aromatic heterocycles. The summed E-state index contributed by atoms with van der Waals surface area (Å²) in [5, 5.41) is 9.21. The Bertz CT molecular complexity index is 1250. The van der Waals surface area contributed by atoms with Crippen molar-refractivity contribution in [3.05, 3.63) is 99.6 Å². The third-order valence-corrected chi connectivity index (χ3v) is 5.98. The van der Waals surface area contributed by atoms with Crippen LogP contribution in [0.4, 0.5) is 8.78 Å². The van der Waals surface area contributed by atoms with E-state index >= 15 is 0 Å². The molecule has 0 saturated carbocycles. The lowest BCUT2D eigenvalue weighted by atomic mass is 9.91. The summed E-state index contributed by atoms with van der Waals surface area (Å²) in [7, 11) is 0. The number of carbonyl (C=O) groups excluding carboxylic acids is 1. The summed E-state index contributed by atoms with van der Waals surface area (Å²) < 4.78 is 32.8. The molecular weight excluding hydrogens is 464 g/mol. The lowest BCUT2D eigenvalue weighted by molar-refractivity contribution is -0.137. The molecule has 1 amide bonds. The van der Waals surface area contributed by atoms with Gasteiger partial charge in [0.05, 0.1) is 5.02 Å². The molecule has 0 aliphatic carbocycles. The Kier molecular flexibility index (Phi) is 6.57. The van der Waals surface area contributed by atoms with Gasteiger partial charge in [-0.3, -0.25) is 9.59 Å². The highest BCUT2D eigenvalue weighted by molar-refractivity contribution is 6.30. The van der Waals surface area contributed by atoms with Gasteiger partial charge in [-0.15, -0.1) is 0 Å². The summed E-state index contributed by atoms with van der Waals surface area (Å²) in [5.41, 5.74) is 2.03. The summed E-state index contributed by atoms with van der Waals surface area (Å²) >= 11 is 5.83. The summed E-state index contributed by atoms with van der Waals surface area (Å²) in [6, 6.07) is 15.3. The molecule has 0 saturated heterocycles. The van der Waals surface area contributed by atoms with Crippen molar-refractivity contribution in [2.75, 3.05) is 6.54 Å². The number of carboxylic acid groups (broad SMARTS) is 1. The van der Waals surface area contributed by atoms with E-state index in [2.05, 4.69) is 0 Å². The molecule has 0 unspecified atom stereocenters. The van der Waals surface area contributed by atoms with Crippen LogP contribution in [0.1, 0.15) is 34.0 Å². The Labute approximate surface area is 200 Å². The summed E-state index contributed by atoms with van der Waals surface area (Å²) in [5.74, 6) is -1.89. The van der Waals surface area contributed by atoms with E-state index in [-0.39, 0.29) is 17.4 Å². The number of nitrogens with zero attached hydrogens (tertiary/aromatic N) is 1. The number of hydrogen-bond donors (Lipinski definition) is 1. The SMILES string of the molecule is C[C@@]1(Cc2ccc(F)cc2)Cc2cc(C(=O)N(CC(=O)O)Cc3ccc(F)c(Cl)c3)ccc2O1. The molecule has 1 aliphatic rings. The molecule has 3 aromatic carbocycles. The van der Waals surface area contributed by atoms with Crippen molar-refractivity contribution in [1.29, 1.82) is 0 Å². The highest BCUT2D eigenvalue weighted by atomic mass is 35.5. The van der Waals surface area contributed by atoms with E-state index in [0.717, 1.165) is 11.1 Å². The van der Waals surface area contributed by atoms with Gasteiger partial charge >= 0.3 is 5.97 Å². The van der Waals surface area contributed by atoms with E-state index in [4.69, 9.17) is 16.3 Å². The van der Waals surface area contributed by atoms with Gasteiger partial charge in [-0.2, -0.15) is 0 Å². The number of halogens is 3. The highest BCUT2D eigenvalue weighted by Crippen LogP contribution is 2.37. The van der Waals surface area contributed by atoms with Crippen molar-refractivity contribution in [3.8, 4) is 5.75 Å². The zero-order valence-electron chi connectivity index (χ0n) is 18.4. The minimum atomic E-state index is -1.17. The van der Waals surface area contributed by atoms with Crippen LogP contribution in [0.2, 0.25) is 5.02 Å². The molecule has 5 nitrogen and oxygen atoms in total. The number of aliphatic carboxylic acids is 1. The fourth-order valence-electron chi connectivity index (χ4n) is 4.19. The van der Waals surface area contributed by atoms with Crippen molar-refractivity contribution in [2.24, 2.45) is 0 Å². The average molecular weight is 486 g/mol. The van der Waals surface area contributed by atoms with Gasteiger partial charge in [-0.05, 0) is 66.1 Å². The quantitative estimate of drug-likeness (QED) is 0.494. The maximum atomic E-state index is 13.5. The molecule has 1 N–H and O–H groups in total. The molecule has 0 radical (unpaired) electrons. The number of benzene rings is 3. The Morgan fingerprint density at radius 3 is 2.44 bits per heavy atom. The highest BCUT2D eigenvalue weighted by Gasteiger charge is 2.35. The number of hydrogen-bond acceptors (Lipinski definition) is 3. The Hall–Kier alpha value is -3.45. The number of fused-ring (bicyclic) bond motifs is 1. The molecule has 3 aromatic rings. The first kappa shape index (κ1) is 23.7. The van der Waals surface area contributed by atoms with Crippen LogP contribution in [0.3, 0.4) is 0 Å². The fourth-order valence-corrected chi connectivity index (χ4v) is 4.39. The molecule has 4 rings (SSSR count). The minimum absolute atomic E-state index is 0.0407. The molecule has 176 valence electrons. The van der Waals surface area contributed by atoms with Crippen molar-refractivity contribution in [1.82, 2.24) is 4.90 Å². The van der Waals surface area contributed by atoms with Crippen molar-refractivity contribution >= 4 is 23.5 Å². The summed E-state index contributed by atoms with van der Waals surface area (Å²) in [6.45, 7) is 1.39. The predicted octanol–water partition coefficient (Wildman–Crippen LogP) is 5.28. The number of amides is 1. The Balaban J connectivity index is 1.53. The second-order valence-corrected chi connectivity index (χ2v) is 9.07. The molecule has 0 fully saturated rings. The second-order valence-electron chi connectivity index (χ2n) is 8.66. The zero-order chi connectivity index (χ0) is 24.5. The van der Waals surface area contributed by atoms with Gasteiger partial charge in [-0.1, -0.05) is 29.8 Å². The number of carboxylic acids is 1. The molecular formula is C26H22ClF2NO4. The fraction of sp³-hybridized carbons (Fsp3) is 0.231. The zero-order valence-corrected chi connectivity index (χ0v) is 19.1. The van der Waals surface area contributed by atoms with E-state index < -0.39 is 29.8 Å². The van der Waals surface area contributed by atoms with Gasteiger partial charge < -0.3 is 14.7 Å². The Morgan fingerprint density at radius 2 is 1.76 bits per heavy atom. The first-order chi connectivity index (χ1) is 16.1. The van der Waals surface area contributed by atoms with Crippen LogP contribution in [0.15, 0.2) is 60.7 Å². The molecule has 1 aliphatic heterocycles. The molecule has 1 atom stereocenters. The van der Waals surface area contributed by atoms with Gasteiger partial charge in [-0.25, -0.2) is 8.78 Å². The van der Waals surface area contributed by atoms with E-state index in [1.165, 1.54) is 35.2 Å². The van der Waals surface area contributed by atoms with E-state index in [1.807, 2.05) is 6.92 Å². The molecule has 34 heavy (non-hydrogen) atoms. The van der Waals surface area contributed by atoms with Crippen LogP contribution in [0.5, 0.6) is 5.75 Å². The molecule has 0 bridgehead atoms. The van der Waals surface area contributed by atoms with Crippen molar-refractivity contribution in [3.63, 3.8) is 0 Å². The van der Waals surface area contributed by atoms with Crippen LogP contribution in [0, 0.1) is 11.6 Å². The summed E-state index contributed by atoms with van der Waals surface area (Å²) in [4.78, 5) is 25.8. The third kappa shape index (κ3) is 5.37. The van der Waals surface area contributed by atoms with Crippen LogP contribution in [0.25, 0.3) is 0 Å². The Morgan fingerprint density at radius 1 is 1.06 bits per heavy atom. The van der Waals surface area contributed by atoms with Gasteiger partial charge in [0.25, 0.3) is 5.91 Å². The maximum Gasteiger partial charge on any atom is 0.323 e. The second kappa shape index (κ2) is 9.43. The first-order valence-corrected chi connectivity index (χ1v) is 11.0. The standard InChI is InChI=1S/C26H22ClF2NO4/c1-26(12-16-2-6-20(28)7-3-16)13-19-11-18(5-9-23(19)34-26)25(33)30(15-24(31)32)14-17-4-8-22(29)21(27)10-17/h2-11H,12-15H2,1H3,(H,31,32)/t26-/m1/s1. The lowest BCUT2D eigenvalue weighted by Crippen LogP contribution is -2.35. The van der Waals surface area contributed by atoms with Crippen LogP contribution >= 0.6 is 11.6 Å². The molecule has 1 heterocycles. The topological polar surface area (TPSA) is 66.8 Å². The lowest BCUT2D eigenvalue weighted by Gasteiger charge is -2.24. The average Bonchev–Trinajstić information content (AvgIpc) is 3.11. The van der Waals surface area contributed by atoms with E-state index in [0.29, 0.717) is 29.7 Å². The number of ether oxygens (including phenoxy) is 1. The minimum Gasteiger partial charge on any atom is -0.487 e. The number of rotatable bonds is 7. The predicted molar refractivity (Wildman–Crippen MR) is 123 cm³/mol. The summed E-state index contributed by atoms with van der Waals surface area (Å²) in [6.07, 6.45) is 1.09. The first-order valence-electron chi connectivity index (χ1n) is 10.6. The maximum absolute atomic E-state index is 13.5.